The number of thioether (sulfide) groups is 1. The van der Waals surface area contributed by atoms with Gasteiger partial charge in [-0.25, -0.2) is 22.8 Å². The van der Waals surface area contributed by atoms with Crippen LogP contribution in [0.4, 0.5) is 23.7 Å². The molecule has 0 unspecified atom stereocenters. The van der Waals surface area contributed by atoms with E-state index in [0.717, 1.165) is 0 Å². The van der Waals surface area contributed by atoms with Crippen molar-refractivity contribution in [1.82, 2.24) is 5.32 Å². The van der Waals surface area contributed by atoms with Crippen molar-refractivity contribution in [2.24, 2.45) is 0 Å². The van der Waals surface area contributed by atoms with Crippen LogP contribution in [0.15, 0.2) is 12.1 Å². The molecule has 0 heterocycles. The first-order valence-electron chi connectivity index (χ1n) is 5.79. The van der Waals surface area contributed by atoms with E-state index in [1.54, 1.807) is 6.26 Å². The van der Waals surface area contributed by atoms with Crippen molar-refractivity contribution < 1.29 is 27.9 Å². The fourth-order valence-electron chi connectivity index (χ4n) is 1.45. The molecule has 0 aliphatic rings. The Labute approximate surface area is 122 Å². The smallest absolute Gasteiger partial charge is 0.326 e. The predicted molar refractivity (Wildman–Crippen MR) is 72.9 cm³/mol. The van der Waals surface area contributed by atoms with Gasteiger partial charge in [-0.1, -0.05) is 0 Å². The highest BCUT2D eigenvalue weighted by Crippen LogP contribution is 2.17. The molecule has 3 N–H and O–H groups in total. The van der Waals surface area contributed by atoms with Crippen molar-refractivity contribution >= 4 is 29.4 Å². The number of anilines is 1. The summed E-state index contributed by atoms with van der Waals surface area (Å²) < 4.78 is 38.7. The van der Waals surface area contributed by atoms with Crippen LogP contribution in [0.1, 0.15) is 6.42 Å². The minimum Gasteiger partial charge on any atom is -0.480 e. The number of carboxylic acid groups (broad SMARTS) is 1. The predicted octanol–water partition coefficient (Wildman–Crippen LogP) is 2.43. The number of hydrogen-bond donors (Lipinski definition) is 3. The van der Waals surface area contributed by atoms with Crippen LogP contribution < -0.4 is 10.6 Å². The fraction of sp³-hybridized carbons (Fsp3) is 0.333. The molecule has 9 heteroatoms. The van der Waals surface area contributed by atoms with Crippen LogP contribution >= 0.6 is 11.8 Å². The second-order valence-corrected chi connectivity index (χ2v) is 5.01. The summed E-state index contributed by atoms with van der Waals surface area (Å²) in [4.78, 5) is 22.5. The van der Waals surface area contributed by atoms with Gasteiger partial charge in [0.1, 0.15) is 6.04 Å². The first kappa shape index (κ1) is 17.2. The van der Waals surface area contributed by atoms with E-state index in [9.17, 15) is 22.8 Å². The summed E-state index contributed by atoms with van der Waals surface area (Å²) in [5.74, 6) is -5.28. The van der Waals surface area contributed by atoms with Gasteiger partial charge in [0.2, 0.25) is 0 Å². The highest BCUT2D eigenvalue weighted by molar-refractivity contribution is 7.98. The maximum Gasteiger partial charge on any atom is 0.326 e. The van der Waals surface area contributed by atoms with Crippen LogP contribution in [-0.2, 0) is 4.79 Å². The number of nitrogens with one attached hydrogen (secondary N) is 2. The molecule has 0 fully saturated rings. The van der Waals surface area contributed by atoms with E-state index >= 15 is 0 Å². The lowest BCUT2D eigenvalue weighted by molar-refractivity contribution is -0.139. The topological polar surface area (TPSA) is 78.4 Å². The third kappa shape index (κ3) is 5.18. The van der Waals surface area contributed by atoms with Crippen molar-refractivity contribution in [3.8, 4) is 0 Å². The van der Waals surface area contributed by atoms with Crippen LogP contribution in [0, 0.1) is 17.5 Å². The van der Waals surface area contributed by atoms with Crippen molar-refractivity contribution in [3.63, 3.8) is 0 Å². The second-order valence-electron chi connectivity index (χ2n) is 4.02. The van der Waals surface area contributed by atoms with E-state index in [2.05, 4.69) is 5.32 Å². The Morgan fingerprint density at radius 3 is 2.33 bits per heavy atom. The monoisotopic (exact) mass is 322 g/mol. The molecule has 0 spiro atoms. The molecule has 0 radical (unpaired) electrons. The van der Waals surface area contributed by atoms with Gasteiger partial charge in [-0.2, -0.15) is 11.8 Å². The molecular formula is C12H13F3N2O3S. The minimum absolute atomic E-state index is 0.191. The number of hydrogen-bond acceptors (Lipinski definition) is 3. The van der Waals surface area contributed by atoms with E-state index in [0.29, 0.717) is 17.9 Å². The molecule has 1 rings (SSSR count). The molecule has 0 bridgehead atoms. The lowest BCUT2D eigenvalue weighted by Crippen LogP contribution is -2.43. The van der Waals surface area contributed by atoms with E-state index < -0.39 is 35.5 Å². The molecule has 0 saturated heterocycles. The minimum atomic E-state index is -1.65. The number of carbonyl (C=O) groups excluding carboxylic acids is 1. The molecule has 0 aliphatic heterocycles. The van der Waals surface area contributed by atoms with E-state index in [1.165, 1.54) is 11.8 Å². The summed E-state index contributed by atoms with van der Waals surface area (Å²) in [7, 11) is 0. The van der Waals surface area contributed by atoms with Crippen LogP contribution in [0.5, 0.6) is 0 Å². The molecule has 2 amide bonds. The zero-order chi connectivity index (χ0) is 16.0. The molecule has 0 saturated carbocycles. The van der Waals surface area contributed by atoms with E-state index in [4.69, 9.17) is 5.11 Å². The maximum atomic E-state index is 13.0. The summed E-state index contributed by atoms with van der Waals surface area (Å²) in [6, 6.07) is -0.896. The molecule has 0 aliphatic carbocycles. The first-order valence-corrected chi connectivity index (χ1v) is 7.18. The van der Waals surface area contributed by atoms with Gasteiger partial charge >= 0.3 is 12.0 Å². The summed E-state index contributed by atoms with van der Waals surface area (Å²) >= 11 is 1.41. The van der Waals surface area contributed by atoms with E-state index in [1.807, 2.05) is 5.32 Å². The van der Waals surface area contributed by atoms with Gasteiger partial charge in [-0.05, 0) is 18.4 Å². The maximum absolute atomic E-state index is 13.0. The van der Waals surface area contributed by atoms with Gasteiger partial charge < -0.3 is 15.7 Å². The summed E-state index contributed by atoms with van der Waals surface area (Å²) in [5.41, 5.74) is -0.321. The van der Waals surface area contributed by atoms with Crippen molar-refractivity contribution in [2.45, 2.75) is 12.5 Å². The first-order chi connectivity index (χ1) is 9.85. The Hall–Kier alpha value is -1.90. The normalized spacial score (nSPS) is 11.8. The molecule has 5 nitrogen and oxygen atoms in total. The fourth-order valence-corrected chi connectivity index (χ4v) is 1.92. The number of carbonyl (C=O) groups is 2. The number of amides is 2. The Balaban J connectivity index is 2.70. The van der Waals surface area contributed by atoms with Gasteiger partial charge in [0.15, 0.2) is 17.5 Å². The SMILES string of the molecule is CSCC[C@H](NC(=O)Nc1cc(F)c(F)c(F)c1)C(=O)O. The molecule has 0 aromatic heterocycles. The molecule has 1 aromatic carbocycles. The summed E-state index contributed by atoms with van der Waals surface area (Å²) in [6.45, 7) is 0. The molecule has 1 aromatic rings. The molecule has 116 valence electrons. The lowest BCUT2D eigenvalue weighted by Gasteiger charge is -2.14. The van der Waals surface area contributed by atoms with Gasteiger partial charge in [0.05, 0.1) is 0 Å². The third-order valence-corrected chi connectivity index (χ3v) is 3.10. The number of benzene rings is 1. The number of carboxylic acids is 1. The van der Waals surface area contributed by atoms with Crippen LogP contribution in [-0.4, -0.2) is 35.2 Å². The molecule has 1 atom stereocenters. The van der Waals surface area contributed by atoms with Crippen LogP contribution in [0.25, 0.3) is 0 Å². The van der Waals surface area contributed by atoms with E-state index in [-0.39, 0.29) is 12.1 Å². The summed E-state index contributed by atoms with van der Waals surface area (Å²) in [6.07, 6.45) is 1.97. The number of urea groups is 1. The third-order valence-electron chi connectivity index (χ3n) is 2.46. The summed E-state index contributed by atoms with van der Waals surface area (Å²) in [5, 5.41) is 13.1. The second kappa shape index (κ2) is 7.77. The Morgan fingerprint density at radius 1 is 1.29 bits per heavy atom. The highest BCUT2D eigenvalue weighted by Gasteiger charge is 2.20. The number of aliphatic carboxylic acids is 1. The average Bonchev–Trinajstić information content (AvgIpc) is 2.40. The Morgan fingerprint density at radius 2 is 1.86 bits per heavy atom. The molecular weight excluding hydrogens is 309 g/mol. The molecule has 21 heavy (non-hydrogen) atoms. The lowest BCUT2D eigenvalue weighted by atomic mass is 10.2. The Kier molecular flexibility index (Phi) is 6.35. The number of rotatable bonds is 6. The average molecular weight is 322 g/mol. The van der Waals surface area contributed by atoms with Crippen molar-refractivity contribution in [1.29, 1.82) is 0 Å². The Bertz CT molecular complexity index is 519. The largest absolute Gasteiger partial charge is 0.480 e. The van der Waals surface area contributed by atoms with Crippen LogP contribution in [0.2, 0.25) is 0 Å². The quantitative estimate of drug-likeness (QED) is 0.703. The van der Waals surface area contributed by atoms with Gasteiger partial charge in [0.25, 0.3) is 0 Å². The van der Waals surface area contributed by atoms with Gasteiger partial charge in [-0.15, -0.1) is 0 Å². The number of halogens is 3. The zero-order valence-electron chi connectivity index (χ0n) is 11.0. The van der Waals surface area contributed by atoms with Crippen molar-refractivity contribution in [2.75, 3.05) is 17.3 Å². The highest BCUT2D eigenvalue weighted by atomic mass is 32.2. The van der Waals surface area contributed by atoms with Gasteiger partial charge in [-0.3, -0.25) is 0 Å². The standard InChI is InChI=1S/C12H13F3N2O3S/c1-21-3-2-9(11(18)19)17-12(20)16-6-4-7(13)10(15)8(14)5-6/h4-5,9H,2-3H2,1H3,(H,18,19)(H2,16,17,20)/t9-/m0/s1. The van der Waals surface area contributed by atoms with Crippen molar-refractivity contribution in [3.05, 3.63) is 29.6 Å². The zero-order valence-corrected chi connectivity index (χ0v) is 11.8. The van der Waals surface area contributed by atoms with Gasteiger partial charge in [0, 0.05) is 17.8 Å². The van der Waals surface area contributed by atoms with Crippen LogP contribution in [0.3, 0.4) is 0 Å².